The van der Waals surface area contributed by atoms with Crippen molar-refractivity contribution in [2.45, 2.75) is 64.5 Å². The summed E-state index contributed by atoms with van der Waals surface area (Å²) in [6, 6.07) is 0. The molecule has 0 radical (unpaired) electrons. The van der Waals surface area contributed by atoms with Crippen LogP contribution >= 0.6 is 7.60 Å². The molecule has 0 aliphatic rings. The summed E-state index contributed by atoms with van der Waals surface area (Å²) in [5, 5.41) is 0. The van der Waals surface area contributed by atoms with Crippen molar-refractivity contribution in [3.05, 3.63) is 0 Å². The molecule has 0 aliphatic heterocycles. The molecule has 0 saturated carbocycles. The van der Waals surface area contributed by atoms with Gasteiger partial charge in [0.15, 0.2) is 0 Å². The summed E-state index contributed by atoms with van der Waals surface area (Å²) >= 11 is 0. The fourth-order valence-corrected chi connectivity index (χ4v) is 2.53. The first kappa shape index (κ1) is 18.0. The number of hydrogen-bond acceptors (Lipinski definition) is 3. The molecule has 0 aliphatic carbocycles. The third kappa shape index (κ3) is 9.59. The molecule has 0 aromatic rings. The predicted octanol–water partition coefficient (Wildman–Crippen LogP) is 2.04. The third-order valence-electron chi connectivity index (χ3n) is 2.48. The average molecular weight is 276 g/mol. The van der Waals surface area contributed by atoms with Gasteiger partial charge in [-0.2, -0.15) is 0 Å². The first-order valence-electron chi connectivity index (χ1n) is 5.54. The Kier molecular flexibility index (Phi) is 11.9. The van der Waals surface area contributed by atoms with E-state index in [1.54, 1.807) is 0 Å². The molecule has 0 aromatic carbocycles. The second-order valence-corrected chi connectivity index (χ2v) is 5.64. The Morgan fingerprint density at radius 1 is 1.00 bits per heavy atom. The van der Waals surface area contributed by atoms with Gasteiger partial charge in [0.2, 0.25) is 0 Å². The number of unbranched alkanes of at least 4 members (excludes halogenated alkanes) is 3. The van der Waals surface area contributed by atoms with Crippen molar-refractivity contribution in [1.29, 1.82) is 0 Å². The van der Waals surface area contributed by atoms with Crippen molar-refractivity contribution >= 4 is 7.60 Å². The van der Waals surface area contributed by atoms with E-state index in [1.165, 1.54) is 0 Å². The van der Waals surface area contributed by atoms with E-state index in [-0.39, 0.29) is 17.1 Å². The topological polar surface area (TPSA) is 63.2 Å². The van der Waals surface area contributed by atoms with Crippen LogP contribution in [0.25, 0.3) is 0 Å². The zero-order valence-corrected chi connectivity index (χ0v) is 11.6. The summed E-state index contributed by atoms with van der Waals surface area (Å²) < 4.78 is 10.9. The standard InChI is InChI=1S/C10H23O3P.Fe/c1-3-5-7-9-10(8-6-4-2)14(11,12)13;/h10H,3-9H2,1-2H3,(H2,11,12,13);/q;+2/p-2. The van der Waals surface area contributed by atoms with Crippen LogP contribution in [-0.2, 0) is 21.6 Å². The van der Waals surface area contributed by atoms with Gasteiger partial charge in [-0.1, -0.05) is 53.5 Å². The van der Waals surface area contributed by atoms with Gasteiger partial charge in [-0.3, -0.25) is 0 Å². The van der Waals surface area contributed by atoms with Crippen molar-refractivity contribution in [3.8, 4) is 0 Å². The zero-order valence-electron chi connectivity index (χ0n) is 9.55. The molecule has 3 nitrogen and oxygen atoms in total. The van der Waals surface area contributed by atoms with Crippen LogP contribution in [0, 0.1) is 0 Å². The van der Waals surface area contributed by atoms with Gasteiger partial charge in [0.25, 0.3) is 0 Å². The first-order valence-corrected chi connectivity index (χ1v) is 7.15. The Morgan fingerprint density at radius 3 is 1.87 bits per heavy atom. The van der Waals surface area contributed by atoms with Crippen LogP contribution in [0.1, 0.15) is 58.8 Å². The molecular formula is C10H21FeO3P. The fourth-order valence-electron chi connectivity index (χ4n) is 1.53. The largest absolute Gasteiger partial charge is 2.00 e. The Hall–Kier alpha value is 0.669. The minimum absolute atomic E-state index is 0. The Morgan fingerprint density at radius 2 is 1.47 bits per heavy atom. The summed E-state index contributed by atoms with van der Waals surface area (Å²) in [4.78, 5) is 21.8. The maximum atomic E-state index is 10.9. The first-order chi connectivity index (χ1) is 6.52. The van der Waals surface area contributed by atoms with E-state index in [4.69, 9.17) is 0 Å². The number of hydrogen-bond donors (Lipinski definition) is 0. The predicted molar refractivity (Wildman–Crippen MR) is 55.1 cm³/mol. The molecule has 0 saturated heterocycles. The Bertz CT molecular complexity index is 182. The fraction of sp³-hybridized carbons (Fsp3) is 1.00. The maximum absolute atomic E-state index is 10.9. The smallest absolute Gasteiger partial charge is 0.811 e. The van der Waals surface area contributed by atoms with Crippen molar-refractivity contribution in [1.82, 2.24) is 0 Å². The van der Waals surface area contributed by atoms with Gasteiger partial charge in [-0.15, -0.1) is 0 Å². The maximum Gasteiger partial charge on any atom is 2.00 e. The van der Waals surface area contributed by atoms with Gasteiger partial charge in [-0.25, -0.2) is 0 Å². The molecule has 15 heavy (non-hydrogen) atoms. The minimum Gasteiger partial charge on any atom is -0.811 e. The van der Waals surface area contributed by atoms with E-state index in [0.29, 0.717) is 12.8 Å². The molecule has 0 N–H and O–H groups in total. The SMILES string of the molecule is CCCCCC(CCCC)P(=O)([O-])[O-].[Fe+2]. The molecule has 92 valence electrons. The summed E-state index contributed by atoms with van der Waals surface area (Å²) in [7, 11) is -4.35. The van der Waals surface area contributed by atoms with Crippen LogP contribution < -0.4 is 9.79 Å². The van der Waals surface area contributed by atoms with Gasteiger partial charge in [0, 0.05) is 0 Å². The van der Waals surface area contributed by atoms with Gasteiger partial charge in [0.1, 0.15) is 0 Å². The molecule has 1 atom stereocenters. The van der Waals surface area contributed by atoms with Gasteiger partial charge >= 0.3 is 17.1 Å². The van der Waals surface area contributed by atoms with E-state index in [1.807, 2.05) is 6.92 Å². The number of rotatable bonds is 8. The second-order valence-electron chi connectivity index (χ2n) is 3.83. The molecule has 0 bridgehead atoms. The minimum atomic E-state index is -4.35. The molecular weight excluding hydrogens is 255 g/mol. The van der Waals surface area contributed by atoms with Crippen molar-refractivity contribution in [2.24, 2.45) is 0 Å². The van der Waals surface area contributed by atoms with E-state index < -0.39 is 13.3 Å². The van der Waals surface area contributed by atoms with E-state index >= 15 is 0 Å². The third-order valence-corrected chi connectivity index (χ3v) is 3.89. The van der Waals surface area contributed by atoms with Crippen LogP contribution in [0.5, 0.6) is 0 Å². The van der Waals surface area contributed by atoms with Crippen molar-refractivity contribution in [3.63, 3.8) is 0 Å². The van der Waals surface area contributed by atoms with Crippen molar-refractivity contribution in [2.75, 3.05) is 0 Å². The van der Waals surface area contributed by atoms with Crippen LogP contribution in [0.4, 0.5) is 0 Å². The molecule has 0 aromatic heterocycles. The Balaban J connectivity index is 0. The summed E-state index contributed by atoms with van der Waals surface area (Å²) in [5.74, 6) is 0. The second kappa shape index (κ2) is 9.86. The van der Waals surface area contributed by atoms with Crippen LogP contribution in [0.15, 0.2) is 0 Å². The van der Waals surface area contributed by atoms with Gasteiger partial charge < -0.3 is 14.4 Å². The summed E-state index contributed by atoms with van der Waals surface area (Å²) in [6.07, 6.45) is 5.82. The normalized spacial score (nSPS) is 13.3. The summed E-state index contributed by atoms with van der Waals surface area (Å²) in [6.45, 7) is 4.07. The molecule has 0 fully saturated rings. The van der Waals surface area contributed by atoms with Crippen LogP contribution in [0.2, 0.25) is 0 Å². The van der Waals surface area contributed by atoms with E-state index in [2.05, 4.69) is 6.92 Å². The molecule has 0 amide bonds. The Labute approximate surface area is 104 Å². The van der Waals surface area contributed by atoms with Crippen LogP contribution in [0.3, 0.4) is 0 Å². The molecule has 5 heteroatoms. The molecule has 1 unspecified atom stereocenters. The van der Waals surface area contributed by atoms with Gasteiger partial charge in [0.05, 0.1) is 0 Å². The monoisotopic (exact) mass is 276 g/mol. The molecule has 0 spiro atoms. The quantitative estimate of drug-likeness (QED) is 0.387. The summed E-state index contributed by atoms with van der Waals surface area (Å²) in [5.41, 5.74) is -0.617. The molecule has 0 heterocycles. The van der Waals surface area contributed by atoms with Gasteiger partial charge in [-0.05, 0) is 18.5 Å². The average Bonchev–Trinajstić information content (AvgIpc) is 2.09. The molecule has 0 rings (SSSR count). The van der Waals surface area contributed by atoms with E-state index in [9.17, 15) is 14.4 Å². The van der Waals surface area contributed by atoms with Crippen molar-refractivity contribution < 1.29 is 31.4 Å². The zero-order chi connectivity index (χ0) is 11.0. The van der Waals surface area contributed by atoms with Crippen LogP contribution in [-0.4, -0.2) is 5.66 Å². The van der Waals surface area contributed by atoms with E-state index in [0.717, 1.165) is 32.1 Å².